The summed E-state index contributed by atoms with van der Waals surface area (Å²) in [5, 5.41) is 26.6. The SMILES string of the molecule is O=C(Nc1cn([C@@H]2CC[C@@H](O)C2)nc1-c1ccccn1)c1csc(-c2cn[nH]c2)n1. The molecule has 0 aromatic carbocycles. The van der Waals surface area contributed by atoms with Crippen LogP contribution in [0.2, 0.25) is 0 Å². The zero-order chi connectivity index (χ0) is 20.5. The van der Waals surface area contributed by atoms with E-state index in [9.17, 15) is 9.90 Å². The zero-order valence-electron chi connectivity index (χ0n) is 15.9. The molecule has 2 atom stereocenters. The van der Waals surface area contributed by atoms with Crippen LogP contribution in [-0.4, -0.2) is 47.1 Å². The lowest BCUT2D eigenvalue weighted by atomic mass is 10.2. The third-order valence-electron chi connectivity index (χ3n) is 5.12. The number of aromatic amines is 1. The standard InChI is InChI=1S/C20H19N7O2S/c28-14-5-4-13(7-14)27-10-16(18(26-27)15-3-1-2-6-21-15)24-19(29)17-11-30-20(25-17)12-8-22-23-9-12/h1-3,6,8-11,13-14,28H,4-5,7H2,(H,22,23)(H,24,29)/t13-,14-/m1/s1. The van der Waals surface area contributed by atoms with Gasteiger partial charge in [0.25, 0.3) is 5.91 Å². The van der Waals surface area contributed by atoms with Crippen LogP contribution in [0.3, 0.4) is 0 Å². The summed E-state index contributed by atoms with van der Waals surface area (Å²) in [4.78, 5) is 21.7. The Morgan fingerprint density at radius 1 is 1.33 bits per heavy atom. The van der Waals surface area contributed by atoms with Crippen LogP contribution < -0.4 is 5.32 Å². The van der Waals surface area contributed by atoms with Crippen LogP contribution in [0.25, 0.3) is 22.0 Å². The Morgan fingerprint density at radius 2 is 2.27 bits per heavy atom. The van der Waals surface area contributed by atoms with Gasteiger partial charge in [-0.3, -0.25) is 19.6 Å². The van der Waals surface area contributed by atoms with Crippen molar-refractivity contribution in [2.45, 2.75) is 31.4 Å². The van der Waals surface area contributed by atoms with Gasteiger partial charge in [0.1, 0.15) is 16.4 Å². The Bertz CT molecular complexity index is 1150. The minimum Gasteiger partial charge on any atom is -0.393 e. The van der Waals surface area contributed by atoms with Gasteiger partial charge in [-0.15, -0.1) is 11.3 Å². The number of thiazole rings is 1. The minimum absolute atomic E-state index is 0.0973. The maximum absolute atomic E-state index is 12.9. The fraction of sp³-hybridized carbons (Fsp3) is 0.250. The molecule has 3 N–H and O–H groups in total. The average Bonchev–Trinajstić information content (AvgIpc) is 3.54. The number of aliphatic hydroxyl groups excluding tert-OH is 1. The summed E-state index contributed by atoms with van der Waals surface area (Å²) in [6.07, 6.45) is 8.84. The van der Waals surface area contributed by atoms with E-state index >= 15 is 0 Å². The highest BCUT2D eigenvalue weighted by Crippen LogP contribution is 2.33. The van der Waals surface area contributed by atoms with E-state index in [0.717, 1.165) is 23.4 Å². The number of carbonyl (C=O) groups is 1. The van der Waals surface area contributed by atoms with Gasteiger partial charge in [-0.2, -0.15) is 10.2 Å². The largest absolute Gasteiger partial charge is 0.393 e. The lowest BCUT2D eigenvalue weighted by Gasteiger charge is -2.09. The van der Waals surface area contributed by atoms with Crippen molar-refractivity contribution in [2.24, 2.45) is 0 Å². The van der Waals surface area contributed by atoms with Crippen LogP contribution in [0, 0.1) is 0 Å². The van der Waals surface area contributed by atoms with Gasteiger partial charge in [0.15, 0.2) is 0 Å². The van der Waals surface area contributed by atoms with Crippen molar-refractivity contribution in [1.29, 1.82) is 0 Å². The number of H-pyrrole nitrogens is 1. The maximum Gasteiger partial charge on any atom is 0.275 e. The van der Waals surface area contributed by atoms with Crippen molar-refractivity contribution in [1.82, 2.24) is 29.9 Å². The van der Waals surface area contributed by atoms with E-state index in [4.69, 9.17) is 0 Å². The lowest BCUT2D eigenvalue weighted by Crippen LogP contribution is -2.12. The molecule has 0 radical (unpaired) electrons. The first-order valence-corrected chi connectivity index (χ1v) is 10.5. The van der Waals surface area contributed by atoms with Crippen LogP contribution in [0.5, 0.6) is 0 Å². The Labute approximate surface area is 175 Å². The highest BCUT2D eigenvalue weighted by molar-refractivity contribution is 7.13. The fourth-order valence-electron chi connectivity index (χ4n) is 3.60. The van der Waals surface area contributed by atoms with Crippen molar-refractivity contribution in [2.75, 3.05) is 5.32 Å². The molecule has 5 rings (SSSR count). The molecule has 0 aliphatic heterocycles. The van der Waals surface area contributed by atoms with E-state index in [0.29, 0.717) is 29.2 Å². The van der Waals surface area contributed by atoms with Gasteiger partial charge in [0.05, 0.1) is 29.7 Å². The topological polar surface area (TPSA) is 122 Å². The summed E-state index contributed by atoms with van der Waals surface area (Å²) in [7, 11) is 0. The first-order valence-electron chi connectivity index (χ1n) is 9.62. The Kier molecular flexibility index (Phi) is 4.85. The second-order valence-electron chi connectivity index (χ2n) is 7.19. The van der Waals surface area contributed by atoms with E-state index in [1.807, 2.05) is 29.1 Å². The third kappa shape index (κ3) is 3.62. The van der Waals surface area contributed by atoms with Gasteiger partial charge in [-0.25, -0.2) is 4.98 Å². The number of hydrogen-bond donors (Lipinski definition) is 3. The summed E-state index contributed by atoms with van der Waals surface area (Å²) in [5.41, 5.74) is 2.99. The molecule has 30 heavy (non-hydrogen) atoms. The molecule has 4 aromatic heterocycles. The molecule has 9 nitrogen and oxygen atoms in total. The van der Waals surface area contributed by atoms with Crippen LogP contribution >= 0.6 is 11.3 Å². The summed E-state index contributed by atoms with van der Waals surface area (Å²) >= 11 is 1.38. The second kappa shape index (κ2) is 7.81. The number of aromatic nitrogens is 6. The number of hydrogen-bond acceptors (Lipinski definition) is 7. The number of anilines is 1. The fourth-order valence-corrected chi connectivity index (χ4v) is 4.38. The normalized spacial score (nSPS) is 18.6. The van der Waals surface area contributed by atoms with Gasteiger partial charge >= 0.3 is 0 Å². The van der Waals surface area contributed by atoms with Crippen molar-refractivity contribution in [3.8, 4) is 22.0 Å². The molecule has 152 valence electrons. The quantitative estimate of drug-likeness (QED) is 0.455. The molecule has 1 fully saturated rings. The van der Waals surface area contributed by atoms with Crippen molar-refractivity contribution >= 4 is 22.9 Å². The Morgan fingerprint density at radius 3 is 3.00 bits per heavy atom. The Hall–Kier alpha value is -3.37. The van der Waals surface area contributed by atoms with E-state index in [-0.39, 0.29) is 18.1 Å². The van der Waals surface area contributed by atoms with Crippen molar-refractivity contribution in [3.63, 3.8) is 0 Å². The highest BCUT2D eigenvalue weighted by Gasteiger charge is 2.27. The number of amides is 1. The first kappa shape index (κ1) is 18.6. The lowest BCUT2D eigenvalue weighted by molar-refractivity contribution is 0.102. The van der Waals surface area contributed by atoms with Crippen LogP contribution in [0.1, 0.15) is 35.8 Å². The van der Waals surface area contributed by atoms with Crippen LogP contribution in [-0.2, 0) is 0 Å². The molecule has 4 heterocycles. The average molecular weight is 421 g/mol. The van der Waals surface area contributed by atoms with Gasteiger partial charge < -0.3 is 10.4 Å². The predicted molar refractivity (Wildman–Crippen MR) is 112 cm³/mol. The van der Waals surface area contributed by atoms with Gasteiger partial charge in [0, 0.05) is 29.5 Å². The summed E-state index contributed by atoms with van der Waals surface area (Å²) in [6, 6.07) is 5.66. The summed E-state index contributed by atoms with van der Waals surface area (Å²) in [5.74, 6) is -0.316. The molecule has 0 unspecified atom stereocenters. The van der Waals surface area contributed by atoms with E-state index in [2.05, 4.69) is 30.6 Å². The zero-order valence-corrected chi connectivity index (χ0v) is 16.7. The van der Waals surface area contributed by atoms with Crippen molar-refractivity contribution in [3.05, 3.63) is 54.1 Å². The molecule has 1 amide bonds. The van der Waals surface area contributed by atoms with Crippen LogP contribution in [0.15, 0.2) is 48.4 Å². The molecule has 0 spiro atoms. The van der Waals surface area contributed by atoms with Crippen LogP contribution in [0.4, 0.5) is 5.69 Å². The molecule has 0 bridgehead atoms. The molecular weight excluding hydrogens is 402 g/mol. The molecule has 1 aliphatic carbocycles. The number of pyridine rings is 1. The molecule has 4 aromatic rings. The monoisotopic (exact) mass is 421 g/mol. The molecule has 0 saturated heterocycles. The second-order valence-corrected chi connectivity index (χ2v) is 8.04. The number of aliphatic hydroxyl groups is 1. The Balaban J connectivity index is 1.44. The van der Waals surface area contributed by atoms with E-state index in [1.54, 1.807) is 24.0 Å². The summed E-state index contributed by atoms with van der Waals surface area (Å²) in [6.45, 7) is 0. The van der Waals surface area contributed by atoms with Gasteiger partial charge in [-0.1, -0.05) is 6.07 Å². The molecule has 10 heteroatoms. The molecule has 1 saturated carbocycles. The molecule has 1 aliphatic rings. The highest BCUT2D eigenvalue weighted by atomic mass is 32.1. The molecular formula is C20H19N7O2S. The van der Waals surface area contributed by atoms with Gasteiger partial charge in [-0.05, 0) is 31.4 Å². The number of nitrogens with zero attached hydrogens (tertiary/aromatic N) is 5. The van der Waals surface area contributed by atoms with E-state index in [1.165, 1.54) is 11.3 Å². The summed E-state index contributed by atoms with van der Waals surface area (Å²) < 4.78 is 1.83. The van der Waals surface area contributed by atoms with E-state index < -0.39 is 0 Å². The first-order chi connectivity index (χ1) is 14.7. The minimum atomic E-state index is -0.316. The number of carbonyl (C=O) groups excluding carboxylic acids is 1. The number of rotatable bonds is 5. The third-order valence-corrected chi connectivity index (χ3v) is 6.01. The predicted octanol–water partition coefficient (Wildman–Crippen LogP) is 3.13. The number of nitrogens with one attached hydrogen (secondary N) is 2. The van der Waals surface area contributed by atoms with Gasteiger partial charge in [0.2, 0.25) is 0 Å². The van der Waals surface area contributed by atoms with Crippen molar-refractivity contribution < 1.29 is 9.90 Å². The smallest absolute Gasteiger partial charge is 0.275 e. The maximum atomic E-state index is 12.9.